The first kappa shape index (κ1) is 33.8. The molecule has 0 amide bonds. The van der Waals surface area contributed by atoms with E-state index in [4.69, 9.17) is 14.2 Å². The minimum atomic E-state index is -0.672. The van der Waals surface area contributed by atoms with Crippen molar-refractivity contribution in [2.24, 2.45) is 45.3 Å². The van der Waals surface area contributed by atoms with E-state index < -0.39 is 12.2 Å². The Bertz CT molecular complexity index is 1180. The Kier molecular flexibility index (Phi) is 9.17. The maximum atomic E-state index is 12.4. The van der Waals surface area contributed by atoms with Gasteiger partial charge >= 0.3 is 17.9 Å². The van der Waals surface area contributed by atoms with Gasteiger partial charge in [-0.2, -0.15) is 0 Å². The molecule has 2 saturated carbocycles. The first-order chi connectivity index (χ1) is 19.8. The van der Waals surface area contributed by atoms with Gasteiger partial charge in [-0.1, -0.05) is 73.1 Å². The summed E-state index contributed by atoms with van der Waals surface area (Å²) in [6.07, 6.45) is 7.20. The fourth-order valence-electron chi connectivity index (χ4n) is 10.7. The molecule has 6 heteroatoms. The fraction of sp³-hybridized carbons (Fsp3) is 0.811. The van der Waals surface area contributed by atoms with Gasteiger partial charge in [0.05, 0.1) is 0 Å². The summed E-state index contributed by atoms with van der Waals surface area (Å²) < 4.78 is 17.8. The molecule has 4 rings (SSSR count). The Morgan fingerprint density at radius 1 is 0.791 bits per heavy atom. The molecule has 2 fully saturated rings. The molecule has 0 bridgehead atoms. The summed E-state index contributed by atoms with van der Waals surface area (Å²) in [7, 11) is 0. The number of hydrogen-bond acceptors (Lipinski definition) is 6. The van der Waals surface area contributed by atoms with Gasteiger partial charge in [0, 0.05) is 32.1 Å². The highest BCUT2D eigenvalue weighted by Gasteiger charge is 2.64. The van der Waals surface area contributed by atoms with Crippen LogP contribution in [0.25, 0.3) is 0 Å². The fourth-order valence-corrected chi connectivity index (χ4v) is 10.7. The summed E-state index contributed by atoms with van der Waals surface area (Å²) >= 11 is 0. The lowest BCUT2D eigenvalue weighted by atomic mass is 9.43. The van der Waals surface area contributed by atoms with Crippen LogP contribution in [0.3, 0.4) is 0 Å². The van der Waals surface area contributed by atoms with Crippen LogP contribution in [0.1, 0.15) is 128 Å². The van der Waals surface area contributed by atoms with Crippen molar-refractivity contribution in [2.45, 2.75) is 146 Å². The molecule has 0 aromatic rings. The van der Waals surface area contributed by atoms with Crippen LogP contribution in [0.4, 0.5) is 0 Å². The summed E-state index contributed by atoms with van der Waals surface area (Å²) in [5.41, 5.74) is 4.24. The van der Waals surface area contributed by atoms with E-state index in [1.807, 2.05) is 13.8 Å². The zero-order chi connectivity index (χ0) is 32.3. The predicted octanol–water partition coefficient (Wildman–Crippen LogP) is 8.38. The number of rotatable bonds is 8. The number of fused-ring (bicyclic) bond motifs is 4. The summed E-state index contributed by atoms with van der Waals surface area (Å²) in [6.45, 7) is 27.1. The lowest BCUT2D eigenvalue weighted by Gasteiger charge is -2.62. The van der Waals surface area contributed by atoms with Gasteiger partial charge in [-0.25, -0.2) is 0 Å². The largest absolute Gasteiger partial charge is 0.462 e. The zero-order valence-corrected chi connectivity index (χ0v) is 28.9. The number of esters is 3. The highest BCUT2D eigenvalue weighted by molar-refractivity contribution is 5.68. The minimum Gasteiger partial charge on any atom is -0.462 e. The van der Waals surface area contributed by atoms with E-state index in [1.165, 1.54) is 20.8 Å². The van der Waals surface area contributed by atoms with E-state index in [1.54, 1.807) is 11.1 Å². The third-order valence-corrected chi connectivity index (χ3v) is 13.2. The van der Waals surface area contributed by atoms with Crippen molar-refractivity contribution in [2.75, 3.05) is 0 Å². The number of ether oxygens (including phenoxy) is 3. The number of carbonyl (C=O) groups excluding carboxylic acids is 3. The Labute approximate surface area is 260 Å². The van der Waals surface area contributed by atoms with E-state index in [0.29, 0.717) is 11.8 Å². The third kappa shape index (κ3) is 5.52. The minimum absolute atomic E-state index is 0.0113. The van der Waals surface area contributed by atoms with Gasteiger partial charge in [0.15, 0.2) is 6.10 Å². The maximum absolute atomic E-state index is 12.4. The molecule has 0 N–H and O–H groups in total. The number of hydrogen-bond donors (Lipinski definition) is 0. The van der Waals surface area contributed by atoms with E-state index in [2.05, 4.69) is 48.1 Å². The molecule has 0 aromatic carbocycles. The van der Waals surface area contributed by atoms with Crippen molar-refractivity contribution >= 4 is 17.9 Å². The molecule has 0 aliphatic heterocycles. The van der Waals surface area contributed by atoms with Gasteiger partial charge in [-0.3, -0.25) is 14.4 Å². The van der Waals surface area contributed by atoms with E-state index in [0.717, 1.165) is 56.9 Å². The maximum Gasteiger partial charge on any atom is 0.303 e. The Balaban J connectivity index is 1.70. The summed E-state index contributed by atoms with van der Waals surface area (Å²) in [4.78, 5) is 36.6. The van der Waals surface area contributed by atoms with Crippen LogP contribution in [0.15, 0.2) is 23.3 Å². The normalized spacial score (nSPS) is 36.9. The van der Waals surface area contributed by atoms with Crippen molar-refractivity contribution < 1.29 is 28.6 Å². The predicted molar refractivity (Wildman–Crippen MR) is 169 cm³/mol. The number of carbonyl (C=O) groups is 3. The third-order valence-electron chi connectivity index (χ3n) is 13.2. The van der Waals surface area contributed by atoms with Crippen molar-refractivity contribution in [3.05, 3.63) is 23.3 Å². The van der Waals surface area contributed by atoms with Gasteiger partial charge in [-0.05, 0) is 90.9 Å². The number of allylic oxidation sites excluding steroid dienone is 2. The van der Waals surface area contributed by atoms with Gasteiger partial charge in [0.1, 0.15) is 12.2 Å². The van der Waals surface area contributed by atoms with Crippen LogP contribution >= 0.6 is 0 Å². The zero-order valence-electron chi connectivity index (χ0n) is 28.9. The van der Waals surface area contributed by atoms with Crippen molar-refractivity contribution in [1.82, 2.24) is 0 Å². The van der Waals surface area contributed by atoms with Gasteiger partial charge in [0.2, 0.25) is 0 Å². The lowest BCUT2D eigenvalue weighted by Crippen LogP contribution is -2.56. The molecular formula is C37H58O6. The first-order valence-corrected chi connectivity index (χ1v) is 16.7. The van der Waals surface area contributed by atoms with Gasteiger partial charge < -0.3 is 14.2 Å². The molecule has 0 spiro atoms. The first-order valence-electron chi connectivity index (χ1n) is 16.7. The molecule has 0 saturated heterocycles. The molecule has 242 valence electrons. The van der Waals surface area contributed by atoms with Crippen molar-refractivity contribution in [1.29, 1.82) is 0 Å². The van der Waals surface area contributed by atoms with Gasteiger partial charge in [-0.15, -0.1) is 0 Å². The molecular weight excluding hydrogens is 540 g/mol. The SMILES string of the molecule is C=C(C(C)C)[C@H](OC(C)=O)[C@H](OC(C)=O)[C@@H](C)[C@H]1CC[C@@]2(C)C3=C(CC[C@]12C)[C@@]1(C)CC[C@H](OC(C)=O)C(C)(C)[C@@H]1CC3. The van der Waals surface area contributed by atoms with E-state index in [9.17, 15) is 14.4 Å². The quantitative estimate of drug-likeness (QED) is 0.159. The molecule has 0 aromatic heterocycles. The van der Waals surface area contributed by atoms with Crippen LogP contribution in [0.2, 0.25) is 0 Å². The van der Waals surface area contributed by atoms with Crippen molar-refractivity contribution in [3.8, 4) is 0 Å². The average Bonchev–Trinajstić information content (AvgIpc) is 3.17. The lowest BCUT2D eigenvalue weighted by molar-refractivity contribution is -0.171. The Morgan fingerprint density at radius 2 is 1.42 bits per heavy atom. The molecule has 0 heterocycles. The summed E-state index contributed by atoms with van der Waals surface area (Å²) in [5.74, 6) is -0.0770. The standard InChI is InChI=1S/C37H58O6/c1-21(2)22(3)32(42-25(6)39)33(43-26(7)40)23(4)27-15-19-37(12)29-13-14-30-34(8,9)31(41-24(5)38)17-18-35(30,10)28(29)16-20-36(27,37)11/h21,23,27,30-33H,3,13-20H2,1-2,4-12H3/t23-,27+,30-,31-,32-,33+,35+,36+,37-/m0/s1. The Hall–Kier alpha value is -2.11. The molecule has 0 radical (unpaired) electrons. The van der Waals surface area contributed by atoms with Crippen LogP contribution in [-0.4, -0.2) is 36.2 Å². The van der Waals surface area contributed by atoms with Crippen molar-refractivity contribution in [3.63, 3.8) is 0 Å². The molecule has 4 aliphatic carbocycles. The van der Waals surface area contributed by atoms with Crippen LogP contribution in [0.5, 0.6) is 0 Å². The molecule has 0 unspecified atom stereocenters. The van der Waals surface area contributed by atoms with E-state index in [-0.39, 0.29) is 57.5 Å². The molecule has 9 atom stereocenters. The highest BCUT2D eigenvalue weighted by Crippen LogP contribution is 2.72. The summed E-state index contributed by atoms with van der Waals surface area (Å²) in [6, 6.07) is 0. The van der Waals surface area contributed by atoms with Crippen LogP contribution in [-0.2, 0) is 28.6 Å². The molecule has 4 aliphatic rings. The average molecular weight is 599 g/mol. The van der Waals surface area contributed by atoms with Gasteiger partial charge in [0.25, 0.3) is 0 Å². The van der Waals surface area contributed by atoms with Crippen LogP contribution < -0.4 is 0 Å². The molecule has 6 nitrogen and oxygen atoms in total. The monoisotopic (exact) mass is 598 g/mol. The highest BCUT2D eigenvalue weighted by atomic mass is 16.6. The summed E-state index contributed by atoms with van der Waals surface area (Å²) in [5, 5.41) is 0. The smallest absolute Gasteiger partial charge is 0.303 e. The second-order valence-corrected chi connectivity index (χ2v) is 16.0. The second kappa shape index (κ2) is 11.7. The van der Waals surface area contributed by atoms with E-state index >= 15 is 0 Å². The Morgan fingerprint density at radius 3 is 1.98 bits per heavy atom. The topological polar surface area (TPSA) is 78.9 Å². The molecule has 43 heavy (non-hydrogen) atoms. The van der Waals surface area contributed by atoms with Crippen LogP contribution in [0, 0.1) is 45.3 Å². The second-order valence-electron chi connectivity index (χ2n) is 16.0.